The monoisotopic (exact) mass is 351 g/mol. The van der Waals surface area contributed by atoms with Gasteiger partial charge in [-0.15, -0.1) is 11.3 Å². The van der Waals surface area contributed by atoms with Crippen molar-refractivity contribution in [2.75, 3.05) is 19.7 Å². The molecule has 0 radical (unpaired) electrons. The average Bonchev–Trinajstić information content (AvgIpc) is 3.21. The minimum absolute atomic E-state index is 0.119. The fraction of sp³-hybridized carbons (Fsp3) is 0.375. The van der Waals surface area contributed by atoms with Gasteiger partial charge >= 0.3 is 6.03 Å². The summed E-state index contributed by atoms with van der Waals surface area (Å²) >= 11 is 1.41. The van der Waals surface area contributed by atoms with Crippen molar-refractivity contribution in [3.63, 3.8) is 0 Å². The second-order valence-corrected chi connectivity index (χ2v) is 6.79. The molecule has 3 rings (SSSR count). The number of hydrogen-bond donors (Lipinski definition) is 3. The number of benzene rings is 1. The topological polar surface area (TPSA) is 85.7 Å². The van der Waals surface area contributed by atoms with Crippen molar-refractivity contribution in [2.45, 2.75) is 18.6 Å². The van der Waals surface area contributed by atoms with Crippen molar-refractivity contribution in [3.05, 3.63) is 40.5 Å². The first-order valence-corrected chi connectivity index (χ1v) is 8.43. The minimum Gasteiger partial charge on any atom is -0.393 e. The van der Waals surface area contributed by atoms with Crippen molar-refractivity contribution in [2.24, 2.45) is 0 Å². The number of thiazole rings is 1. The van der Waals surface area contributed by atoms with E-state index >= 15 is 0 Å². The summed E-state index contributed by atoms with van der Waals surface area (Å²) in [6.45, 7) is 0.443. The Morgan fingerprint density at radius 2 is 2.17 bits per heavy atom. The van der Waals surface area contributed by atoms with Gasteiger partial charge in [-0.1, -0.05) is 0 Å². The highest BCUT2D eigenvalue weighted by Crippen LogP contribution is 2.23. The molecule has 2 amide bonds. The Balaban J connectivity index is 1.56. The van der Waals surface area contributed by atoms with E-state index in [1.807, 2.05) is 5.38 Å². The highest BCUT2D eigenvalue weighted by Gasteiger charge is 2.37. The van der Waals surface area contributed by atoms with E-state index in [9.17, 15) is 14.3 Å². The Morgan fingerprint density at radius 3 is 2.83 bits per heavy atom. The van der Waals surface area contributed by atoms with E-state index in [1.165, 1.54) is 28.4 Å². The van der Waals surface area contributed by atoms with Crippen LogP contribution in [0.25, 0.3) is 11.3 Å². The highest BCUT2D eigenvalue weighted by atomic mass is 32.1. The molecule has 1 fully saturated rings. The normalized spacial score (nSPS) is 20.4. The van der Waals surface area contributed by atoms with Crippen LogP contribution in [-0.2, 0) is 6.54 Å². The number of carbonyl (C=O) groups excluding carboxylic acids is 1. The molecule has 128 valence electrons. The zero-order valence-electron chi connectivity index (χ0n) is 12.9. The van der Waals surface area contributed by atoms with Gasteiger partial charge < -0.3 is 20.4 Å². The summed E-state index contributed by atoms with van der Waals surface area (Å²) < 4.78 is 12.9. The number of hydrogen-bond acceptors (Lipinski definition) is 5. The van der Waals surface area contributed by atoms with Gasteiger partial charge in [-0.2, -0.15) is 0 Å². The molecule has 1 aliphatic rings. The minimum atomic E-state index is -1.20. The fourth-order valence-corrected chi connectivity index (χ4v) is 3.31. The van der Waals surface area contributed by atoms with E-state index in [1.54, 1.807) is 12.1 Å². The molecule has 8 heteroatoms. The highest BCUT2D eigenvalue weighted by molar-refractivity contribution is 7.09. The lowest BCUT2D eigenvalue weighted by atomic mass is 10.1. The fourth-order valence-electron chi connectivity index (χ4n) is 2.57. The van der Waals surface area contributed by atoms with Gasteiger partial charge in [-0.3, -0.25) is 0 Å². The number of halogens is 1. The molecule has 24 heavy (non-hydrogen) atoms. The summed E-state index contributed by atoms with van der Waals surface area (Å²) in [6.07, 6.45) is 0.364. The molecular weight excluding hydrogens is 333 g/mol. The van der Waals surface area contributed by atoms with Gasteiger partial charge in [-0.25, -0.2) is 14.2 Å². The molecule has 0 aliphatic carbocycles. The van der Waals surface area contributed by atoms with Crippen LogP contribution in [0.1, 0.15) is 11.4 Å². The standard InChI is InChI=1S/C16H18FN3O3S/c17-12-3-1-11(2-4-12)13-8-24-14(19-13)7-18-15(22)20-6-5-16(23,9-20)10-21/h1-4,8,21,23H,5-7,9-10H2,(H,18,22)/t16-/m0/s1. The Bertz CT molecular complexity index is 722. The van der Waals surface area contributed by atoms with Crippen LogP contribution in [0, 0.1) is 5.82 Å². The van der Waals surface area contributed by atoms with Crippen LogP contribution in [0.4, 0.5) is 9.18 Å². The van der Waals surface area contributed by atoms with Crippen LogP contribution in [0.2, 0.25) is 0 Å². The van der Waals surface area contributed by atoms with E-state index in [0.29, 0.717) is 13.0 Å². The summed E-state index contributed by atoms with van der Waals surface area (Å²) in [7, 11) is 0. The second-order valence-electron chi connectivity index (χ2n) is 5.85. The Kier molecular flexibility index (Phi) is 4.79. The maximum atomic E-state index is 12.9. The van der Waals surface area contributed by atoms with Gasteiger partial charge in [-0.05, 0) is 30.7 Å². The van der Waals surface area contributed by atoms with Crippen molar-refractivity contribution >= 4 is 17.4 Å². The largest absolute Gasteiger partial charge is 0.393 e. The van der Waals surface area contributed by atoms with E-state index in [2.05, 4.69) is 10.3 Å². The van der Waals surface area contributed by atoms with Crippen molar-refractivity contribution < 1.29 is 19.4 Å². The second kappa shape index (κ2) is 6.84. The maximum Gasteiger partial charge on any atom is 0.317 e. The number of rotatable bonds is 4. The molecule has 1 aromatic carbocycles. The van der Waals surface area contributed by atoms with Gasteiger partial charge in [0.2, 0.25) is 0 Å². The number of aromatic nitrogens is 1. The molecule has 2 heterocycles. The smallest absolute Gasteiger partial charge is 0.317 e. The predicted octanol–water partition coefficient (Wildman–Crippen LogP) is 1.59. The van der Waals surface area contributed by atoms with Gasteiger partial charge in [0, 0.05) is 17.5 Å². The number of urea groups is 1. The number of aliphatic hydroxyl groups excluding tert-OH is 1. The molecule has 2 aromatic rings. The van der Waals surface area contributed by atoms with E-state index < -0.39 is 5.60 Å². The van der Waals surface area contributed by atoms with Gasteiger partial charge in [0.1, 0.15) is 16.4 Å². The van der Waals surface area contributed by atoms with Crippen molar-refractivity contribution in [1.29, 1.82) is 0 Å². The lowest BCUT2D eigenvalue weighted by molar-refractivity contribution is -0.00280. The Labute approximate surface area is 142 Å². The van der Waals surface area contributed by atoms with Crippen LogP contribution in [0.15, 0.2) is 29.6 Å². The molecule has 1 saturated heterocycles. The van der Waals surface area contributed by atoms with Crippen LogP contribution in [0.3, 0.4) is 0 Å². The van der Waals surface area contributed by atoms with E-state index in [-0.39, 0.29) is 31.5 Å². The summed E-state index contributed by atoms with van der Waals surface area (Å²) in [5, 5.41) is 24.4. The number of aliphatic hydroxyl groups is 2. The molecule has 6 nitrogen and oxygen atoms in total. The molecule has 1 aromatic heterocycles. The number of nitrogens with one attached hydrogen (secondary N) is 1. The lowest BCUT2D eigenvalue weighted by Crippen LogP contribution is -2.42. The predicted molar refractivity (Wildman–Crippen MR) is 88.0 cm³/mol. The zero-order valence-corrected chi connectivity index (χ0v) is 13.7. The third-order valence-electron chi connectivity index (χ3n) is 4.00. The number of carbonyl (C=O) groups is 1. The summed E-state index contributed by atoms with van der Waals surface area (Å²) in [6, 6.07) is 5.79. The van der Waals surface area contributed by atoms with Crippen LogP contribution >= 0.6 is 11.3 Å². The first kappa shape index (κ1) is 16.8. The molecule has 3 N–H and O–H groups in total. The first-order chi connectivity index (χ1) is 11.5. The molecule has 1 atom stereocenters. The molecule has 0 bridgehead atoms. The van der Waals surface area contributed by atoms with E-state index in [0.717, 1.165) is 16.3 Å². The van der Waals surface area contributed by atoms with Crippen LogP contribution in [0.5, 0.6) is 0 Å². The quantitative estimate of drug-likeness (QED) is 0.781. The third-order valence-corrected chi connectivity index (χ3v) is 4.85. The molecule has 0 saturated carbocycles. The summed E-state index contributed by atoms with van der Waals surface area (Å²) in [5.74, 6) is -0.296. The zero-order chi connectivity index (χ0) is 17.2. The lowest BCUT2D eigenvalue weighted by Gasteiger charge is -2.21. The summed E-state index contributed by atoms with van der Waals surface area (Å²) in [5.41, 5.74) is 0.353. The molecule has 0 spiro atoms. The number of β-amino-alcohol motifs (C(OH)–C–C–N with tert-alkyl or cyclic N) is 1. The molecular formula is C16H18FN3O3S. The number of nitrogens with zero attached hydrogens (tertiary/aromatic N) is 2. The number of amides is 2. The SMILES string of the molecule is O=C(NCc1nc(-c2ccc(F)cc2)cs1)N1CC[C@@](O)(CO)C1. The van der Waals surface area contributed by atoms with Gasteiger partial charge in [0.25, 0.3) is 0 Å². The van der Waals surface area contributed by atoms with Crippen molar-refractivity contribution in [3.8, 4) is 11.3 Å². The maximum absolute atomic E-state index is 12.9. The van der Waals surface area contributed by atoms with Gasteiger partial charge in [0.15, 0.2) is 0 Å². The number of likely N-dealkylation sites (tertiary alicyclic amines) is 1. The molecule has 0 unspecified atom stereocenters. The third kappa shape index (κ3) is 3.72. The van der Waals surface area contributed by atoms with Crippen LogP contribution in [-0.4, -0.2) is 51.4 Å². The van der Waals surface area contributed by atoms with Gasteiger partial charge in [0.05, 0.1) is 25.4 Å². The Morgan fingerprint density at radius 1 is 1.42 bits per heavy atom. The van der Waals surface area contributed by atoms with E-state index in [4.69, 9.17) is 5.11 Å². The Hall–Kier alpha value is -2.03. The first-order valence-electron chi connectivity index (χ1n) is 7.55. The van der Waals surface area contributed by atoms with Crippen LogP contribution < -0.4 is 5.32 Å². The summed E-state index contributed by atoms with van der Waals surface area (Å²) in [4.78, 5) is 18.0. The molecule has 1 aliphatic heterocycles. The van der Waals surface area contributed by atoms with Crippen molar-refractivity contribution in [1.82, 2.24) is 15.2 Å². The average molecular weight is 351 g/mol.